The van der Waals surface area contributed by atoms with E-state index in [1.807, 2.05) is 0 Å². The van der Waals surface area contributed by atoms with E-state index in [4.69, 9.17) is 5.11 Å². The van der Waals surface area contributed by atoms with Gasteiger partial charge in [-0.15, -0.1) is 0 Å². The molecule has 1 amide bonds. The number of carboxylic acids is 1. The molecule has 0 saturated carbocycles. The van der Waals surface area contributed by atoms with Crippen LogP contribution < -0.4 is 5.32 Å². The van der Waals surface area contributed by atoms with Crippen LogP contribution in [0, 0.1) is 0 Å². The molecule has 0 radical (unpaired) electrons. The fourth-order valence-electron chi connectivity index (χ4n) is 1.73. The van der Waals surface area contributed by atoms with Crippen LogP contribution in [0.25, 0.3) is 0 Å². The lowest BCUT2D eigenvalue weighted by Gasteiger charge is -2.22. The Morgan fingerprint density at radius 2 is 1.88 bits per heavy atom. The van der Waals surface area contributed by atoms with Gasteiger partial charge >= 0.3 is 5.97 Å². The monoisotopic (exact) mass is 228 g/mol. The van der Waals surface area contributed by atoms with Gasteiger partial charge in [0.05, 0.1) is 0 Å². The Morgan fingerprint density at radius 1 is 1.31 bits per heavy atom. The van der Waals surface area contributed by atoms with E-state index in [0.29, 0.717) is 6.42 Å². The molecular weight excluding hydrogens is 208 g/mol. The Labute approximate surface area is 95.8 Å². The maximum atomic E-state index is 11.5. The van der Waals surface area contributed by atoms with Gasteiger partial charge in [-0.05, 0) is 39.8 Å². The van der Waals surface area contributed by atoms with Gasteiger partial charge in [-0.1, -0.05) is 0 Å². The first-order valence-electron chi connectivity index (χ1n) is 5.68. The Morgan fingerprint density at radius 3 is 2.38 bits per heavy atom. The lowest BCUT2D eigenvalue weighted by Crippen LogP contribution is -2.50. The highest BCUT2D eigenvalue weighted by Crippen LogP contribution is 2.08. The molecule has 0 bridgehead atoms. The largest absolute Gasteiger partial charge is 0.480 e. The van der Waals surface area contributed by atoms with Gasteiger partial charge in [0.1, 0.15) is 5.54 Å². The van der Waals surface area contributed by atoms with E-state index in [9.17, 15) is 9.59 Å². The number of hydrogen-bond acceptors (Lipinski definition) is 3. The van der Waals surface area contributed by atoms with E-state index in [1.54, 1.807) is 0 Å². The first-order chi connectivity index (χ1) is 7.42. The highest BCUT2D eigenvalue weighted by molar-refractivity contribution is 5.86. The Hall–Kier alpha value is -1.10. The van der Waals surface area contributed by atoms with Crippen LogP contribution in [0.15, 0.2) is 0 Å². The summed E-state index contributed by atoms with van der Waals surface area (Å²) in [6, 6.07) is 0. The van der Waals surface area contributed by atoms with Crippen molar-refractivity contribution in [2.45, 2.75) is 38.6 Å². The van der Waals surface area contributed by atoms with Crippen LogP contribution in [0.1, 0.15) is 33.1 Å². The summed E-state index contributed by atoms with van der Waals surface area (Å²) in [4.78, 5) is 24.5. The van der Waals surface area contributed by atoms with Crippen LogP contribution in [0.5, 0.6) is 0 Å². The first-order valence-corrected chi connectivity index (χ1v) is 5.68. The van der Waals surface area contributed by atoms with Crippen LogP contribution in [-0.4, -0.2) is 47.1 Å². The number of nitrogens with one attached hydrogen (secondary N) is 1. The Kier molecular flexibility index (Phi) is 4.29. The average Bonchev–Trinajstić information content (AvgIpc) is 2.66. The molecule has 0 aromatic carbocycles. The summed E-state index contributed by atoms with van der Waals surface area (Å²) >= 11 is 0. The molecule has 1 aliphatic heterocycles. The highest BCUT2D eigenvalue weighted by atomic mass is 16.4. The molecule has 0 spiro atoms. The second-order valence-electron chi connectivity index (χ2n) is 4.78. The molecular formula is C11H20N2O3. The van der Waals surface area contributed by atoms with E-state index in [0.717, 1.165) is 19.6 Å². The molecule has 5 nitrogen and oxygen atoms in total. The number of carbonyl (C=O) groups is 2. The highest BCUT2D eigenvalue weighted by Gasteiger charge is 2.28. The predicted molar refractivity (Wildman–Crippen MR) is 60.1 cm³/mol. The molecule has 0 aliphatic carbocycles. The summed E-state index contributed by atoms with van der Waals surface area (Å²) in [5, 5.41) is 11.4. The van der Waals surface area contributed by atoms with Crippen molar-refractivity contribution in [1.82, 2.24) is 10.2 Å². The Balaban J connectivity index is 2.27. The van der Waals surface area contributed by atoms with Gasteiger partial charge in [0.2, 0.25) is 5.91 Å². The summed E-state index contributed by atoms with van der Waals surface area (Å²) in [5.74, 6) is -1.21. The SMILES string of the molecule is CC(C)(NC(=O)CCN1CCCC1)C(=O)O. The van der Waals surface area contributed by atoms with Gasteiger partial charge in [0.15, 0.2) is 0 Å². The van der Waals surface area contributed by atoms with Crippen LogP contribution >= 0.6 is 0 Å². The zero-order chi connectivity index (χ0) is 12.2. The molecule has 0 aromatic rings. The smallest absolute Gasteiger partial charge is 0.328 e. The standard InChI is InChI=1S/C11H20N2O3/c1-11(2,10(15)16)12-9(14)5-8-13-6-3-4-7-13/h3-8H2,1-2H3,(H,12,14)(H,15,16). The van der Waals surface area contributed by atoms with Crippen molar-refractivity contribution in [1.29, 1.82) is 0 Å². The van der Waals surface area contributed by atoms with E-state index >= 15 is 0 Å². The molecule has 1 aliphatic rings. The zero-order valence-corrected chi connectivity index (χ0v) is 9.95. The van der Waals surface area contributed by atoms with Crippen molar-refractivity contribution in [2.24, 2.45) is 0 Å². The van der Waals surface area contributed by atoms with Crippen molar-refractivity contribution in [3.8, 4) is 0 Å². The number of hydrogen-bond donors (Lipinski definition) is 2. The van der Waals surface area contributed by atoms with Gasteiger partial charge in [-0.3, -0.25) is 4.79 Å². The number of nitrogens with zero attached hydrogens (tertiary/aromatic N) is 1. The Bertz CT molecular complexity index is 270. The predicted octanol–water partition coefficient (Wildman–Crippen LogP) is 0.452. The van der Waals surface area contributed by atoms with Crippen LogP contribution in [0.4, 0.5) is 0 Å². The molecule has 16 heavy (non-hydrogen) atoms. The van der Waals surface area contributed by atoms with Gasteiger partial charge in [0, 0.05) is 13.0 Å². The molecule has 0 aromatic heterocycles. The van der Waals surface area contributed by atoms with E-state index in [2.05, 4.69) is 10.2 Å². The summed E-state index contributed by atoms with van der Waals surface area (Å²) in [6.07, 6.45) is 2.77. The van der Waals surface area contributed by atoms with Crippen molar-refractivity contribution in [2.75, 3.05) is 19.6 Å². The van der Waals surface area contributed by atoms with E-state index in [1.165, 1.54) is 26.7 Å². The second kappa shape index (κ2) is 5.30. The fraction of sp³-hybridized carbons (Fsp3) is 0.818. The van der Waals surface area contributed by atoms with Crippen LogP contribution in [-0.2, 0) is 9.59 Å². The molecule has 0 unspecified atom stereocenters. The number of carboxylic acid groups (broad SMARTS) is 1. The zero-order valence-electron chi connectivity index (χ0n) is 9.95. The van der Waals surface area contributed by atoms with Gasteiger partial charge < -0.3 is 15.3 Å². The minimum atomic E-state index is -1.18. The van der Waals surface area contributed by atoms with Crippen molar-refractivity contribution in [3.05, 3.63) is 0 Å². The topological polar surface area (TPSA) is 69.6 Å². The molecule has 92 valence electrons. The van der Waals surface area contributed by atoms with E-state index < -0.39 is 11.5 Å². The third-order valence-corrected chi connectivity index (χ3v) is 2.84. The van der Waals surface area contributed by atoms with Gasteiger partial charge in [0.25, 0.3) is 0 Å². The maximum absolute atomic E-state index is 11.5. The molecule has 5 heteroatoms. The maximum Gasteiger partial charge on any atom is 0.328 e. The summed E-state index contributed by atoms with van der Waals surface area (Å²) in [6.45, 7) is 5.80. The normalized spacial score (nSPS) is 17.4. The number of likely N-dealkylation sites (tertiary alicyclic amines) is 1. The lowest BCUT2D eigenvalue weighted by molar-refractivity contribution is -0.146. The number of carbonyl (C=O) groups excluding carboxylic acids is 1. The van der Waals surface area contributed by atoms with Crippen LogP contribution in [0.3, 0.4) is 0 Å². The first kappa shape index (κ1) is 13.0. The van der Waals surface area contributed by atoms with Gasteiger partial charge in [-0.2, -0.15) is 0 Å². The average molecular weight is 228 g/mol. The summed E-state index contributed by atoms with van der Waals surface area (Å²) in [5.41, 5.74) is -1.18. The molecule has 1 saturated heterocycles. The molecule has 1 fully saturated rings. The number of aliphatic carboxylic acids is 1. The molecule has 1 heterocycles. The summed E-state index contributed by atoms with van der Waals surface area (Å²) in [7, 11) is 0. The van der Waals surface area contributed by atoms with Crippen LogP contribution in [0.2, 0.25) is 0 Å². The van der Waals surface area contributed by atoms with E-state index in [-0.39, 0.29) is 5.91 Å². The minimum Gasteiger partial charge on any atom is -0.480 e. The molecule has 1 rings (SSSR count). The number of amides is 1. The third-order valence-electron chi connectivity index (χ3n) is 2.84. The molecule has 2 N–H and O–H groups in total. The lowest BCUT2D eigenvalue weighted by atomic mass is 10.1. The fourth-order valence-corrected chi connectivity index (χ4v) is 1.73. The number of rotatable bonds is 5. The third kappa shape index (κ3) is 3.81. The summed E-state index contributed by atoms with van der Waals surface area (Å²) < 4.78 is 0. The molecule has 0 atom stereocenters. The van der Waals surface area contributed by atoms with Crippen molar-refractivity contribution >= 4 is 11.9 Å². The van der Waals surface area contributed by atoms with Gasteiger partial charge in [-0.25, -0.2) is 4.79 Å². The van der Waals surface area contributed by atoms with Crippen molar-refractivity contribution < 1.29 is 14.7 Å². The second-order valence-corrected chi connectivity index (χ2v) is 4.78. The minimum absolute atomic E-state index is 0.195. The van der Waals surface area contributed by atoms with Crippen molar-refractivity contribution in [3.63, 3.8) is 0 Å². The quantitative estimate of drug-likeness (QED) is 0.717.